The maximum atomic E-state index is 12.3. The summed E-state index contributed by atoms with van der Waals surface area (Å²) in [5, 5.41) is 12.1. The van der Waals surface area contributed by atoms with E-state index in [4.69, 9.17) is 9.84 Å². The Bertz CT molecular complexity index is 685. The van der Waals surface area contributed by atoms with Gasteiger partial charge in [-0.25, -0.2) is 4.98 Å². The Morgan fingerprint density at radius 2 is 2.43 bits per heavy atom. The van der Waals surface area contributed by atoms with Crippen LogP contribution in [0.1, 0.15) is 16.2 Å². The van der Waals surface area contributed by atoms with Crippen molar-refractivity contribution in [3.8, 4) is 0 Å². The zero-order valence-corrected chi connectivity index (χ0v) is 13.2. The number of aromatic amines is 1. The van der Waals surface area contributed by atoms with Crippen LogP contribution >= 0.6 is 0 Å². The number of imidazole rings is 1. The molecule has 0 unspecified atom stereocenters. The molecular weight excluding hydrogens is 296 g/mol. The molecular formula is C16H22N4O3. The zero-order valence-electron chi connectivity index (χ0n) is 13.2. The van der Waals surface area contributed by atoms with Gasteiger partial charge in [-0.3, -0.25) is 4.79 Å². The summed E-state index contributed by atoms with van der Waals surface area (Å²) in [6.45, 7) is 3.69. The van der Waals surface area contributed by atoms with Gasteiger partial charge in [-0.1, -0.05) is 0 Å². The smallest absolute Gasteiger partial charge is 0.251 e. The van der Waals surface area contributed by atoms with Crippen LogP contribution in [-0.2, 0) is 11.3 Å². The van der Waals surface area contributed by atoms with Crippen molar-refractivity contribution in [3.05, 3.63) is 29.6 Å². The molecule has 1 saturated heterocycles. The van der Waals surface area contributed by atoms with Crippen molar-refractivity contribution in [1.82, 2.24) is 20.2 Å². The normalized spacial score (nSPS) is 19.7. The number of hydrogen-bond donors (Lipinski definition) is 3. The lowest BCUT2D eigenvalue weighted by Gasteiger charge is -2.19. The topological polar surface area (TPSA) is 90.5 Å². The zero-order chi connectivity index (χ0) is 16.2. The van der Waals surface area contributed by atoms with E-state index in [1.165, 1.54) is 0 Å². The standard InChI is InChI=1S/C16H22N4O3/c1-20-4-5-23-10-11(8-20)7-17-16(22)12-2-3-13-14(6-12)19-15(9-21)18-13/h2-3,6,11,21H,4-5,7-10H2,1H3,(H,17,22)(H,18,19)/t11-/m1/s1. The molecule has 1 aliphatic heterocycles. The van der Waals surface area contributed by atoms with Gasteiger partial charge in [-0.05, 0) is 25.2 Å². The van der Waals surface area contributed by atoms with E-state index in [0.29, 0.717) is 30.5 Å². The van der Waals surface area contributed by atoms with Gasteiger partial charge in [0.2, 0.25) is 0 Å². The quantitative estimate of drug-likeness (QED) is 0.757. The van der Waals surface area contributed by atoms with E-state index in [9.17, 15) is 4.79 Å². The summed E-state index contributed by atoms with van der Waals surface area (Å²) in [7, 11) is 2.06. The molecule has 0 bridgehead atoms. The Labute approximate surface area is 134 Å². The SMILES string of the molecule is CN1CCOC[C@H](CNC(=O)c2ccc3nc(CO)[nH]c3c2)C1. The van der Waals surface area contributed by atoms with Gasteiger partial charge in [0.25, 0.3) is 5.91 Å². The highest BCUT2D eigenvalue weighted by atomic mass is 16.5. The number of aliphatic hydroxyl groups is 1. The number of carbonyl (C=O) groups excluding carboxylic acids is 1. The molecule has 3 rings (SSSR count). The number of aromatic nitrogens is 2. The maximum absolute atomic E-state index is 12.3. The second kappa shape index (κ2) is 7.08. The van der Waals surface area contributed by atoms with Gasteiger partial charge in [0.05, 0.1) is 24.2 Å². The number of rotatable bonds is 4. The fourth-order valence-corrected chi connectivity index (χ4v) is 2.80. The van der Waals surface area contributed by atoms with Gasteiger partial charge < -0.3 is 25.0 Å². The van der Waals surface area contributed by atoms with E-state index in [0.717, 1.165) is 30.7 Å². The lowest BCUT2D eigenvalue weighted by molar-refractivity contribution is 0.0921. The van der Waals surface area contributed by atoms with Crippen LogP contribution in [-0.4, -0.2) is 65.8 Å². The van der Waals surface area contributed by atoms with Gasteiger partial charge in [-0.15, -0.1) is 0 Å². The number of nitrogens with one attached hydrogen (secondary N) is 2. The van der Waals surface area contributed by atoms with E-state index < -0.39 is 0 Å². The largest absolute Gasteiger partial charge is 0.388 e. The second-order valence-corrected chi connectivity index (χ2v) is 5.99. The highest BCUT2D eigenvalue weighted by Gasteiger charge is 2.17. The van der Waals surface area contributed by atoms with Gasteiger partial charge >= 0.3 is 0 Å². The summed E-state index contributed by atoms with van der Waals surface area (Å²) >= 11 is 0. The van der Waals surface area contributed by atoms with E-state index >= 15 is 0 Å². The molecule has 23 heavy (non-hydrogen) atoms. The molecule has 1 atom stereocenters. The molecule has 7 nitrogen and oxygen atoms in total. The van der Waals surface area contributed by atoms with Crippen molar-refractivity contribution in [2.45, 2.75) is 6.61 Å². The number of ether oxygens (including phenoxy) is 1. The number of fused-ring (bicyclic) bond motifs is 1. The van der Waals surface area contributed by atoms with Crippen molar-refractivity contribution < 1.29 is 14.6 Å². The highest BCUT2D eigenvalue weighted by molar-refractivity contribution is 5.97. The summed E-state index contributed by atoms with van der Waals surface area (Å²) in [5.74, 6) is 0.679. The minimum atomic E-state index is -0.147. The number of amides is 1. The monoisotopic (exact) mass is 318 g/mol. The molecule has 0 saturated carbocycles. The fourth-order valence-electron chi connectivity index (χ4n) is 2.80. The van der Waals surface area contributed by atoms with Crippen LogP contribution in [0.2, 0.25) is 0 Å². The average molecular weight is 318 g/mol. The highest BCUT2D eigenvalue weighted by Crippen LogP contribution is 2.14. The number of H-pyrrole nitrogens is 1. The van der Waals surface area contributed by atoms with E-state index in [1.807, 2.05) is 0 Å². The molecule has 1 aromatic heterocycles. The first kappa shape index (κ1) is 15.9. The first-order valence-electron chi connectivity index (χ1n) is 7.79. The summed E-state index contributed by atoms with van der Waals surface area (Å²) in [4.78, 5) is 21.7. The lowest BCUT2D eigenvalue weighted by atomic mass is 10.1. The van der Waals surface area contributed by atoms with Crippen LogP contribution in [0.3, 0.4) is 0 Å². The fraction of sp³-hybridized carbons (Fsp3) is 0.500. The number of hydrogen-bond acceptors (Lipinski definition) is 5. The Kier molecular flexibility index (Phi) is 4.90. The molecule has 1 aliphatic rings. The number of likely N-dealkylation sites (N-methyl/N-ethyl adjacent to an activating group) is 1. The van der Waals surface area contributed by atoms with E-state index in [1.54, 1.807) is 18.2 Å². The third-order valence-corrected chi connectivity index (χ3v) is 4.03. The van der Waals surface area contributed by atoms with Crippen molar-refractivity contribution in [2.24, 2.45) is 5.92 Å². The van der Waals surface area contributed by atoms with Gasteiger partial charge in [-0.2, -0.15) is 0 Å². The summed E-state index contributed by atoms with van der Waals surface area (Å²) in [6.07, 6.45) is 0. The summed E-state index contributed by atoms with van der Waals surface area (Å²) in [5.41, 5.74) is 2.07. The number of nitrogens with zero attached hydrogens (tertiary/aromatic N) is 2. The molecule has 0 radical (unpaired) electrons. The van der Waals surface area contributed by atoms with Gasteiger partial charge in [0, 0.05) is 31.1 Å². The second-order valence-electron chi connectivity index (χ2n) is 5.99. The predicted octanol–water partition coefficient (Wildman–Crippen LogP) is 0.363. The minimum absolute atomic E-state index is 0.112. The first-order valence-corrected chi connectivity index (χ1v) is 7.79. The van der Waals surface area contributed by atoms with Crippen LogP contribution in [0.4, 0.5) is 0 Å². The van der Waals surface area contributed by atoms with E-state index in [-0.39, 0.29) is 12.5 Å². The Balaban J connectivity index is 1.63. The van der Waals surface area contributed by atoms with E-state index in [2.05, 4.69) is 27.2 Å². The molecule has 0 aliphatic carbocycles. The number of benzene rings is 1. The molecule has 1 aromatic carbocycles. The molecule has 1 fully saturated rings. The van der Waals surface area contributed by atoms with Crippen molar-refractivity contribution in [2.75, 3.05) is 39.9 Å². The van der Waals surface area contributed by atoms with Crippen molar-refractivity contribution in [3.63, 3.8) is 0 Å². The predicted molar refractivity (Wildman–Crippen MR) is 86.2 cm³/mol. The molecule has 2 heterocycles. The molecule has 1 amide bonds. The summed E-state index contributed by atoms with van der Waals surface area (Å²) in [6, 6.07) is 5.28. The first-order chi connectivity index (χ1) is 11.2. The van der Waals surface area contributed by atoms with Crippen LogP contribution in [0, 0.1) is 5.92 Å². The summed E-state index contributed by atoms with van der Waals surface area (Å²) < 4.78 is 5.56. The lowest BCUT2D eigenvalue weighted by Crippen LogP contribution is -2.35. The molecule has 124 valence electrons. The van der Waals surface area contributed by atoms with Crippen LogP contribution in [0.15, 0.2) is 18.2 Å². The third-order valence-electron chi connectivity index (χ3n) is 4.03. The third kappa shape index (κ3) is 3.87. The van der Waals surface area contributed by atoms with Gasteiger partial charge in [0.1, 0.15) is 12.4 Å². The van der Waals surface area contributed by atoms with Crippen LogP contribution in [0.5, 0.6) is 0 Å². The van der Waals surface area contributed by atoms with Crippen LogP contribution in [0.25, 0.3) is 11.0 Å². The molecule has 7 heteroatoms. The van der Waals surface area contributed by atoms with Crippen molar-refractivity contribution in [1.29, 1.82) is 0 Å². The Hall–Kier alpha value is -1.96. The molecule has 0 spiro atoms. The Morgan fingerprint density at radius 1 is 1.57 bits per heavy atom. The molecule has 3 N–H and O–H groups in total. The number of carbonyl (C=O) groups is 1. The number of aliphatic hydroxyl groups excluding tert-OH is 1. The molecule has 2 aromatic rings. The minimum Gasteiger partial charge on any atom is -0.388 e. The Morgan fingerprint density at radius 3 is 3.26 bits per heavy atom. The van der Waals surface area contributed by atoms with Crippen molar-refractivity contribution >= 4 is 16.9 Å². The average Bonchev–Trinajstić information content (AvgIpc) is 2.86. The maximum Gasteiger partial charge on any atom is 0.251 e. The van der Waals surface area contributed by atoms with Crippen LogP contribution < -0.4 is 5.32 Å². The van der Waals surface area contributed by atoms with Gasteiger partial charge in [0.15, 0.2) is 0 Å².